The number of carbonyl (C=O) groups is 2. The van der Waals surface area contributed by atoms with Crippen LogP contribution in [-0.4, -0.2) is 42.8 Å². The predicted octanol–water partition coefficient (Wildman–Crippen LogP) is 2.75. The quantitative estimate of drug-likeness (QED) is 0.551. The molecule has 1 aliphatic carbocycles. The third-order valence-corrected chi connectivity index (χ3v) is 4.11. The van der Waals surface area contributed by atoms with Crippen LogP contribution in [0.2, 0.25) is 0 Å². The lowest BCUT2D eigenvalue weighted by molar-refractivity contribution is -0.134. The molecule has 0 aromatic heterocycles. The number of allylic oxidation sites excluding steroid dienone is 1. The van der Waals surface area contributed by atoms with Gasteiger partial charge in [-0.3, -0.25) is 0 Å². The second-order valence-corrected chi connectivity index (χ2v) is 6.97. The summed E-state index contributed by atoms with van der Waals surface area (Å²) in [7, 11) is 1.39. The topological polar surface area (TPSA) is 55.8 Å². The van der Waals surface area contributed by atoms with Crippen LogP contribution in [0, 0.1) is 11.8 Å². The number of fused-ring (bicyclic) bond motifs is 1. The molecule has 1 amide bonds. The third kappa shape index (κ3) is 4.22. The van der Waals surface area contributed by atoms with Crippen molar-refractivity contribution in [2.75, 3.05) is 20.2 Å². The van der Waals surface area contributed by atoms with Crippen molar-refractivity contribution in [3.63, 3.8) is 0 Å². The Kier molecular flexibility index (Phi) is 4.59. The van der Waals surface area contributed by atoms with Gasteiger partial charge in [-0.2, -0.15) is 0 Å². The molecule has 2 aliphatic rings. The molecule has 21 heavy (non-hydrogen) atoms. The lowest BCUT2D eigenvalue weighted by Crippen LogP contribution is -2.35. The van der Waals surface area contributed by atoms with E-state index in [0.717, 1.165) is 37.9 Å². The first-order valence-corrected chi connectivity index (χ1v) is 7.54. The first-order valence-electron chi connectivity index (χ1n) is 7.54. The van der Waals surface area contributed by atoms with Crippen molar-refractivity contribution in [3.8, 4) is 0 Å². The molecule has 1 aliphatic heterocycles. The summed E-state index contributed by atoms with van der Waals surface area (Å²) in [6.45, 7) is 7.13. The Morgan fingerprint density at radius 2 is 1.90 bits per heavy atom. The van der Waals surface area contributed by atoms with Crippen LogP contribution in [0.5, 0.6) is 0 Å². The van der Waals surface area contributed by atoms with Crippen molar-refractivity contribution in [1.82, 2.24) is 4.90 Å². The van der Waals surface area contributed by atoms with Crippen LogP contribution in [0.3, 0.4) is 0 Å². The van der Waals surface area contributed by atoms with Crippen LogP contribution in [0.25, 0.3) is 0 Å². The molecular weight excluding hydrogens is 270 g/mol. The van der Waals surface area contributed by atoms with Gasteiger partial charge in [-0.1, -0.05) is 5.57 Å². The monoisotopic (exact) mass is 295 g/mol. The van der Waals surface area contributed by atoms with Gasteiger partial charge >= 0.3 is 12.1 Å². The van der Waals surface area contributed by atoms with Crippen LogP contribution < -0.4 is 0 Å². The van der Waals surface area contributed by atoms with Gasteiger partial charge in [0.25, 0.3) is 0 Å². The highest BCUT2D eigenvalue weighted by molar-refractivity contribution is 5.82. The summed E-state index contributed by atoms with van der Waals surface area (Å²) in [5, 5.41) is 0. The van der Waals surface area contributed by atoms with Gasteiger partial charge in [0.2, 0.25) is 0 Å². The summed E-state index contributed by atoms with van der Waals surface area (Å²) < 4.78 is 10.1. The van der Waals surface area contributed by atoms with Gasteiger partial charge in [-0.25, -0.2) is 9.59 Å². The number of methoxy groups -OCH3 is 1. The molecule has 5 heteroatoms. The fourth-order valence-electron chi connectivity index (χ4n) is 3.14. The fraction of sp³-hybridized carbons (Fsp3) is 0.750. The predicted molar refractivity (Wildman–Crippen MR) is 78.7 cm³/mol. The number of hydrogen-bond donors (Lipinski definition) is 0. The molecule has 0 aromatic rings. The normalized spacial score (nSPS) is 27.4. The number of esters is 1. The van der Waals surface area contributed by atoms with E-state index in [1.807, 2.05) is 25.7 Å². The van der Waals surface area contributed by atoms with Crippen molar-refractivity contribution in [3.05, 3.63) is 11.6 Å². The number of likely N-dealkylation sites (tertiary alicyclic amines) is 1. The van der Waals surface area contributed by atoms with Gasteiger partial charge in [0.1, 0.15) is 5.60 Å². The second-order valence-electron chi connectivity index (χ2n) is 6.97. The zero-order valence-corrected chi connectivity index (χ0v) is 13.3. The maximum absolute atomic E-state index is 12.1. The number of hydrogen-bond acceptors (Lipinski definition) is 4. The van der Waals surface area contributed by atoms with Crippen LogP contribution in [0.1, 0.15) is 40.0 Å². The van der Waals surface area contributed by atoms with E-state index in [2.05, 4.69) is 4.74 Å². The number of carbonyl (C=O) groups excluding carboxylic acids is 2. The molecule has 1 saturated heterocycles. The Bertz CT molecular complexity index is 450. The molecule has 5 nitrogen and oxygen atoms in total. The Balaban J connectivity index is 1.94. The summed E-state index contributed by atoms with van der Waals surface area (Å²) in [6.07, 6.45) is 4.19. The summed E-state index contributed by atoms with van der Waals surface area (Å²) in [6, 6.07) is 0. The SMILES string of the molecule is COC(=O)/C=C1/CCC2CN(C(=O)OC(C)(C)C)CC2C1. The van der Waals surface area contributed by atoms with E-state index in [1.165, 1.54) is 7.11 Å². The summed E-state index contributed by atoms with van der Waals surface area (Å²) in [5.41, 5.74) is 0.676. The summed E-state index contributed by atoms with van der Waals surface area (Å²) in [4.78, 5) is 25.3. The van der Waals surface area contributed by atoms with Crippen LogP contribution in [-0.2, 0) is 14.3 Å². The largest absolute Gasteiger partial charge is 0.466 e. The number of nitrogens with zero attached hydrogens (tertiary/aromatic N) is 1. The summed E-state index contributed by atoms with van der Waals surface area (Å²) >= 11 is 0. The standard InChI is InChI=1S/C16H25NO4/c1-16(2,3)21-15(19)17-9-12-6-5-11(7-13(12)10-17)8-14(18)20-4/h8,12-13H,5-7,9-10H2,1-4H3/b11-8-. The second kappa shape index (κ2) is 6.08. The molecule has 2 unspecified atom stereocenters. The minimum atomic E-state index is -0.458. The third-order valence-electron chi connectivity index (χ3n) is 4.11. The van der Waals surface area contributed by atoms with Gasteiger partial charge in [-0.05, 0) is 51.9 Å². The molecule has 0 aromatic carbocycles. The molecule has 2 atom stereocenters. The maximum Gasteiger partial charge on any atom is 0.410 e. The highest BCUT2D eigenvalue weighted by Gasteiger charge is 2.39. The number of ether oxygens (including phenoxy) is 2. The molecule has 0 radical (unpaired) electrons. The Morgan fingerprint density at radius 1 is 1.24 bits per heavy atom. The van der Waals surface area contributed by atoms with Crippen molar-refractivity contribution in [2.45, 2.75) is 45.6 Å². The van der Waals surface area contributed by atoms with Gasteiger partial charge in [0.15, 0.2) is 0 Å². The van der Waals surface area contributed by atoms with Crippen LogP contribution in [0.4, 0.5) is 4.79 Å². The van der Waals surface area contributed by atoms with Crippen LogP contribution >= 0.6 is 0 Å². The fourth-order valence-corrected chi connectivity index (χ4v) is 3.14. The van der Waals surface area contributed by atoms with E-state index in [9.17, 15) is 9.59 Å². The Labute approximate surface area is 126 Å². The molecule has 118 valence electrons. The molecule has 0 N–H and O–H groups in total. The Hall–Kier alpha value is -1.52. The lowest BCUT2D eigenvalue weighted by Gasteiger charge is -2.25. The molecule has 2 fully saturated rings. The highest BCUT2D eigenvalue weighted by Crippen LogP contribution is 2.39. The molecule has 0 spiro atoms. The van der Waals surface area contributed by atoms with E-state index in [-0.39, 0.29) is 12.1 Å². The van der Waals surface area contributed by atoms with Gasteiger partial charge in [0.05, 0.1) is 7.11 Å². The average molecular weight is 295 g/mol. The first-order chi connectivity index (χ1) is 9.78. The molecule has 2 rings (SSSR count). The molecule has 0 bridgehead atoms. The Morgan fingerprint density at radius 3 is 2.52 bits per heavy atom. The first kappa shape index (κ1) is 15.9. The van der Waals surface area contributed by atoms with Crippen molar-refractivity contribution in [2.24, 2.45) is 11.8 Å². The maximum atomic E-state index is 12.1. The van der Waals surface area contributed by atoms with Gasteiger partial charge in [0, 0.05) is 19.2 Å². The smallest absolute Gasteiger partial charge is 0.410 e. The van der Waals surface area contributed by atoms with Gasteiger partial charge in [-0.15, -0.1) is 0 Å². The van der Waals surface area contributed by atoms with E-state index in [0.29, 0.717) is 11.8 Å². The molecule has 1 heterocycles. The zero-order valence-electron chi connectivity index (χ0n) is 13.3. The minimum Gasteiger partial charge on any atom is -0.466 e. The molecule has 1 saturated carbocycles. The lowest BCUT2D eigenvalue weighted by atomic mass is 9.79. The van der Waals surface area contributed by atoms with Gasteiger partial charge < -0.3 is 14.4 Å². The summed E-state index contributed by atoms with van der Waals surface area (Å²) in [5.74, 6) is 0.667. The van der Waals surface area contributed by atoms with Crippen molar-refractivity contribution < 1.29 is 19.1 Å². The van der Waals surface area contributed by atoms with Crippen molar-refractivity contribution >= 4 is 12.1 Å². The zero-order chi connectivity index (χ0) is 15.6. The minimum absolute atomic E-state index is 0.226. The number of amides is 1. The van der Waals surface area contributed by atoms with E-state index >= 15 is 0 Å². The average Bonchev–Trinajstić information content (AvgIpc) is 2.79. The van der Waals surface area contributed by atoms with Crippen LogP contribution in [0.15, 0.2) is 11.6 Å². The molecular formula is C16H25NO4. The number of rotatable bonds is 1. The van der Waals surface area contributed by atoms with Crippen molar-refractivity contribution in [1.29, 1.82) is 0 Å². The highest BCUT2D eigenvalue weighted by atomic mass is 16.6. The van der Waals surface area contributed by atoms with E-state index < -0.39 is 5.60 Å². The van der Waals surface area contributed by atoms with E-state index in [4.69, 9.17) is 4.74 Å². The van der Waals surface area contributed by atoms with E-state index in [1.54, 1.807) is 6.08 Å².